The lowest BCUT2D eigenvalue weighted by molar-refractivity contribution is 0.318. The summed E-state index contributed by atoms with van der Waals surface area (Å²) in [4.78, 5) is 2.09. The van der Waals surface area contributed by atoms with Crippen molar-refractivity contribution in [3.63, 3.8) is 0 Å². The van der Waals surface area contributed by atoms with E-state index in [9.17, 15) is 0 Å². The summed E-state index contributed by atoms with van der Waals surface area (Å²) in [6.45, 7) is 8.06. The molecule has 0 aliphatic carbocycles. The van der Waals surface area contributed by atoms with Crippen LogP contribution in [0.1, 0.15) is 32.8 Å². The standard InChI is InChI=1S/C12H21N5O/c1-4-9(3)8-17(5-2)12-10(11(13)16-18)6-7-14-15-12/h6-7,9,18H,4-5,8H2,1-3H3,(H2,13,16). The third-order valence-electron chi connectivity index (χ3n) is 3.00. The van der Waals surface area contributed by atoms with Crippen molar-refractivity contribution in [2.45, 2.75) is 27.2 Å². The van der Waals surface area contributed by atoms with Crippen molar-refractivity contribution in [2.24, 2.45) is 16.8 Å². The fourth-order valence-electron chi connectivity index (χ4n) is 1.68. The summed E-state index contributed by atoms with van der Waals surface area (Å²) in [6.07, 6.45) is 2.63. The molecule has 0 aliphatic rings. The fourth-order valence-corrected chi connectivity index (χ4v) is 1.68. The van der Waals surface area contributed by atoms with E-state index in [1.165, 1.54) is 6.20 Å². The van der Waals surface area contributed by atoms with Gasteiger partial charge in [-0.1, -0.05) is 25.4 Å². The lowest BCUT2D eigenvalue weighted by atomic mass is 10.1. The molecular formula is C12H21N5O. The molecule has 0 bridgehead atoms. The molecule has 1 rings (SSSR count). The number of rotatable bonds is 6. The Morgan fingerprint density at radius 3 is 2.83 bits per heavy atom. The van der Waals surface area contributed by atoms with Crippen molar-refractivity contribution in [1.29, 1.82) is 0 Å². The number of amidine groups is 1. The van der Waals surface area contributed by atoms with Gasteiger partial charge < -0.3 is 15.8 Å². The molecule has 1 heterocycles. The van der Waals surface area contributed by atoms with Gasteiger partial charge in [0.15, 0.2) is 11.7 Å². The molecule has 3 N–H and O–H groups in total. The molecule has 18 heavy (non-hydrogen) atoms. The Bertz CT molecular complexity index is 407. The van der Waals surface area contributed by atoms with Gasteiger partial charge in [0, 0.05) is 13.1 Å². The molecule has 1 aromatic heterocycles. The van der Waals surface area contributed by atoms with Crippen molar-refractivity contribution < 1.29 is 5.21 Å². The molecule has 100 valence electrons. The Morgan fingerprint density at radius 2 is 2.28 bits per heavy atom. The van der Waals surface area contributed by atoms with Crippen molar-refractivity contribution in [3.05, 3.63) is 17.8 Å². The Balaban J connectivity index is 3.05. The number of nitrogens with two attached hydrogens (primary N) is 1. The molecule has 0 aromatic carbocycles. The van der Waals surface area contributed by atoms with E-state index in [1.807, 2.05) is 6.92 Å². The van der Waals surface area contributed by atoms with E-state index >= 15 is 0 Å². The number of hydrogen-bond acceptors (Lipinski definition) is 5. The third-order valence-corrected chi connectivity index (χ3v) is 3.00. The van der Waals surface area contributed by atoms with Gasteiger partial charge in [-0.25, -0.2) is 0 Å². The number of hydrogen-bond donors (Lipinski definition) is 2. The molecule has 0 saturated carbocycles. The second-order valence-corrected chi connectivity index (χ2v) is 4.31. The number of anilines is 1. The SMILES string of the molecule is CCC(C)CN(CC)c1nnccc1/C(N)=N/O. The quantitative estimate of drug-likeness (QED) is 0.346. The zero-order valence-corrected chi connectivity index (χ0v) is 11.2. The average molecular weight is 251 g/mol. The van der Waals surface area contributed by atoms with E-state index in [-0.39, 0.29) is 5.84 Å². The van der Waals surface area contributed by atoms with E-state index in [1.54, 1.807) is 6.07 Å². The van der Waals surface area contributed by atoms with Crippen LogP contribution in [0.15, 0.2) is 17.4 Å². The largest absolute Gasteiger partial charge is 0.409 e. The van der Waals surface area contributed by atoms with Gasteiger partial charge >= 0.3 is 0 Å². The molecule has 0 fully saturated rings. The van der Waals surface area contributed by atoms with Gasteiger partial charge in [0.1, 0.15) is 0 Å². The maximum absolute atomic E-state index is 8.79. The lowest BCUT2D eigenvalue weighted by Gasteiger charge is -2.26. The topological polar surface area (TPSA) is 87.6 Å². The highest BCUT2D eigenvalue weighted by Crippen LogP contribution is 2.18. The number of aromatic nitrogens is 2. The van der Waals surface area contributed by atoms with Gasteiger partial charge in [-0.3, -0.25) is 0 Å². The zero-order chi connectivity index (χ0) is 13.5. The van der Waals surface area contributed by atoms with Gasteiger partial charge in [0.05, 0.1) is 11.8 Å². The molecule has 6 heteroatoms. The summed E-state index contributed by atoms with van der Waals surface area (Å²) < 4.78 is 0. The predicted octanol–water partition coefficient (Wildman–Crippen LogP) is 1.44. The van der Waals surface area contributed by atoms with Crippen molar-refractivity contribution in [2.75, 3.05) is 18.0 Å². The van der Waals surface area contributed by atoms with Gasteiger partial charge in [-0.2, -0.15) is 5.10 Å². The first-order valence-electron chi connectivity index (χ1n) is 6.18. The highest BCUT2D eigenvalue weighted by Gasteiger charge is 2.16. The monoisotopic (exact) mass is 251 g/mol. The molecule has 0 amide bonds. The lowest BCUT2D eigenvalue weighted by Crippen LogP contribution is -2.31. The Hall–Kier alpha value is -1.85. The van der Waals surface area contributed by atoms with Crippen molar-refractivity contribution >= 4 is 11.7 Å². The summed E-state index contributed by atoms with van der Waals surface area (Å²) >= 11 is 0. The van der Waals surface area contributed by atoms with Crippen molar-refractivity contribution in [1.82, 2.24) is 10.2 Å². The van der Waals surface area contributed by atoms with Crippen molar-refractivity contribution in [3.8, 4) is 0 Å². The first kappa shape index (κ1) is 14.2. The molecule has 0 saturated heterocycles. The van der Waals surface area contributed by atoms with Crippen LogP contribution in [-0.4, -0.2) is 34.3 Å². The summed E-state index contributed by atoms with van der Waals surface area (Å²) in [5, 5.41) is 19.8. The second-order valence-electron chi connectivity index (χ2n) is 4.31. The molecule has 0 radical (unpaired) electrons. The molecule has 0 aliphatic heterocycles. The maximum Gasteiger partial charge on any atom is 0.173 e. The van der Waals surface area contributed by atoms with Crippen LogP contribution in [0.2, 0.25) is 0 Å². The van der Waals surface area contributed by atoms with Gasteiger partial charge in [0.2, 0.25) is 0 Å². The number of oxime groups is 1. The first-order valence-corrected chi connectivity index (χ1v) is 6.18. The molecule has 6 nitrogen and oxygen atoms in total. The van der Waals surface area contributed by atoms with Gasteiger partial charge in [0.25, 0.3) is 0 Å². The molecule has 1 aromatic rings. The Kier molecular flexibility index (Phi) is 5.35. The normalized spacial score (nSPS) is 13.4. The van der Waals surface area contributed by atoms with Crippen LogP contribution in [0.3, 0.4) is 0 Å². The summed E-state index contributed by atoms with van der Waals surface area (Å²) in [5.74, 6) is 1.27. The predicted molar refractivity (Wildman–Crippen MR) is 71.9 cm³/mol. The van der Waals surface area contributed by atoms with Crippen LogP contribution in [0.25, 0.3) is 0 Å². The summed E-state index contributed by atoms with van der Waals surface area (Å²) in [6, 6.07) is 1.71. The molecule has 1 unspecified atom stereocenters. The highest BCUT2D eigenvalue weighted by atomic mass is 16.4. The van der Waals surface area contributed by atoms with E-state index in [0.717, 1.165) is 19.5 Å². The Labute approximate surface area is 108 Å². The summed E-state index contributed by atoms with van der Waals surface area (Å²) in [5.41, 5.74) is 6.27. The van der Waals surface area contributed by atoms with Crippen LogP contribution >= 0.6 is 0 Å². The minimum atomic E-state index is 0.0579. The summed E-state index contributed by atoms with van der Waals surface area (Å²) in [7, 11) is 0. The minimum Gasteiger partial charge on any atom is -0.409 e. The average Bonchev–Trinajstić information content (AvgIpc) is 2.43. The first-order chi connectivity index (χ1) is 8.63. The zero-order valence-electron chi connectivity index (χ0n) is 11.2. The smallest absolute Gasteiger partial charge is 0.173 e. The third kappa shape index (κ3) is 3.32. The number of nitrogens with zero attached hydrogens (tertiary/aromatic N) is 4. The van der Waals surface area contributed by atoms with Crippen LogP contribution in [0, 0.1) is 5.92 Å². The van der Waals surface area contributed by atoms with E-state index in [4.69, 9.17) is 10.9 Å². The molecular weight excluding hydrogens is 230 g/mol. The second kappa shape index (κ2) is 6.78. The minimum absolute atomic E-state index is 0.0579. The Morgan fingerprint density at radius 1 is 1.56 bits per heavy atom. The maximum atomic E-state index is 8.79. The van der Waals surface area contributed by atoms with E-state index in [2.05, 4.69) is 34.1 Å². The highest BCUT2D eigenvalue weighted by molar-refractivity contribution is 6.01. The molecule has 1 atom stereocenters. The van der Waals surface area contributed by atoms with Gasteiger partial charge in [-0.15, -0.1) is 5.10 Å². The van der Waals surface area contributed by atoms with Crippen LogP contribution in [0.4, 0.5) is 5.82 Å². The van der Waals surface area contributed by atoms with Crippen LogP contribution < -0.4 is 10.6 Å². The van der Waals surface area contributed by atoms with Crippen LogP contribution in [0.5, 0.6) is 0 Å². The molecule has 0 spiro atoms. The van der Waals surface area contributed by atoms with Crippen LogP contribution in [-0.2, 0) is 0 Å². The van der Waals surface area contributed by atoms with E-state index < -0.39 is 0 Å². The van der Waals surface area contributed by atoms with E-state index in [0.29, 0.717) is 17.3 Å². The fraction of sp³-hybridized carbons (Fsp3) is 0.583. The van der Waals surface area contributed by atoms with Gasteiger partial charge in [-0.05, 0) is 18.9 Å².